The topological polar surface area (TPSA) is 21.3 Å². The highest BCUT2D eigenvalue weighted by Crippen LogP contribution is 2.35. The Hall–Kier alpha value is -1.39. The van der Waals surface area contributed by atoms with E-state index in [0.717, 1.165) is 22.4 Å². The maximum Gasteiger partial charge on any atom is 0.137 e. The molecule has 2 aromatic rings. The molecular formula is C17H19BrFNO. The first-order valence-corrected chi connectivity index (χ1v) is 7.72. The van der Waals surface area contributed by atoms with Gasteiger partial charge >= 0.3 is 0 Å². The molecule has 0 aliphatic heterocycles. The molecule has 0 heterocycles. The zero-order valence-electron chi connectivity index (χ0n) is 12.4. The van der Waals surface area contributed by atoms with E-state index in [9.17, 15) is 4.39 Å². The smallest absolute Gasteiger partial charge is 0.137 e. The summed E-state index contributed by atoms with van der Waals surface area (Å²) in [5.74, 6) is 0.553. The second-order valence-electron chi connectivity index (χ2n) is 4.84. The average molecular weight is 352 g/mol. The van der Waals surface area contributed by atoms with Gasteiger partial charge in [0.2, 0.25) is 0 Å². The number of nitrogens with one attached hydrogen (secondary N) is 1. The van der Waals surface area contributed by atoms with Crippen molar-refractivity contribution >= 4 is 15.9 Å². The Morgan fingerprint density at radius 3 is 2.67 bits per heavy atom. The van der Waals surface area contributed by atoms with Crippen LogP contribution in [0.3, 0.4) is 0 Å². The molecule has 0 spiro atoms. The van der Waals surface area contributed by atoms with Crippen molar-refractivity contribution in [3.8, 4) is 5.75 Å². The number of hydrogen-bond acceptors (Lipinski definition) is 2. The first kappa shape index (κ1) is 16.0. The zero-order chi connectivity index (χ0) is 15.4. The molecule has 112 valence electrons. The lowest BCUT2D eigenvalue weighted by molar-refractivity contribution is 0.334. The zero-order valence-corrected chi connectivity index (χ0v) is 14.0. The van der Waals surface area contributed by atoms with Crippen LogP contribution in [0.5, 0.6) is 5.75 Å². The molecule has 1 N–H and O–H groups in total. The summed E-state index contributed by atoms with van der Waals surface area (Å²) in [5, 5.41) is 3.25. The van der Waals surface area contributed by atoms with Gasteiger partial charge in [0.05, 0.1) is 17.1 Å². The molecular weight excluding hydrogens is 333 g/mol. The van der Waals surface area contributed by atoms with Crippen molar-refractivity contribution in [2.45, 2.75) is 19.9 Å². The monoisotopic (exact) mass is 351 g/mol. The third kappa shape index (κ3) is 3.44. The van der Waals surface area contributed by atoms with E-state index in [-0.39, 0.29) is 11.9 Å². The number of rotatable bonds is 5. The fourth-order valence-corrected chi connectivity index (χ4v) is 2.90. The molecule has 0 aliphatic carbocycles. The second kappa shape index (κ2) is 7.05. The van der Waals surface area contributed by atoms with Gasteiger partial charge in [-0.05, 0) is 54.5 Å². The van der Waals surface area contributed by atoms with Crippen molar-refractivity contribution in [1.29, 1.82) is 0 Å². The second-order valence-corrected chi connectivity index (χ2v) is 5.63. The Morgan fingerprint density at radius 2 is 2.00 bits per heavy atom. The van der Waals surface area contributed by atoms with Crippen LogP contribution in [0.1, 0.15) is 29.7 Å². The Morgan fingerprint density at radius 1 is 1.24 bits per heavy atom. The fourth-order valence-electron chi connectivity index (χ4n) is 2.40. The van der Waals surface area contributed by atoms with Crippen LogP contribution in [0.25, 0.3) is 0 Å². The van der Waals surface area contributed by atoms with Crippen LogP contribution in [0.2, 0.25) is 0 Å². The van der Waals surface area contributed by atoms with Crippen LogP contribution in [0, 0.1) is 12.7 Å². The molecule has 1 unspecified atom stereocenters. The minimum Gasteiger partial charge on any atom is -0.494 e. The van der Waals surface area contributed by atoms with Gasteiger partial charge in [0.25, 0.3) is 0 Å². The number of benzene rings is 2. The lowest BCUT2D eigenvalue weighted by Crippen LogP contribution is -2.19. The molecule has 0 radical (unpaired) electrons. The molecule has 0 amide bonds. The van der Waals surface area contributed by atoms with Crippen molar-refractivity contribution in [3.05, 3.63) is 63.4 Å². The Labute approximate surface area is 133 Å². The van der Waals surface area contributed by atoms with Gasteiger partial charge in [-0.25, -0.2) is 4.39 Å². The number of hydrogen-bond donors (Lipinski definition) is 1. The molecule has 2 aromatic carbocycles. The highest BCUT2D eigenvalue weighted by Gasteiger charge is 2.20. The van der Waals surface area contributed by atoms with E-state index in [4.69, 9.17) is 4.74 Å². The normalized spacial score (nSPS) is 12.2. The Bertz CT molecular complexity index is 630. The van der Waals surface area contributed by atoms with Crippen molar-refractivity contribution in [1.82, 2.24) is 5.32 Å². The van der Waals surface area contributed by atoms with Gasteiger partial charge in [0.15, 0.2) is 0 Å². The predicted octanol–water partition coefficient (Wildman–Crippen LogP) is 4.60. The molecule has 0 saturated heterocycles. The number of ether oxygens (including phenoxy) is 1. The van der Waals surface area contributed by atoms with Crippen LogP contribution in [0.4, 0.5) is 4.39 Å². The molecule has 0 bridgehead atoms. The SMILES string of the molecule is CCOc1ccc(C)cc1C(NC)c1cccc(F)c1Br. The number of halogens is 2. The minimum absolute atomic E-state index is 0.142. The standard InChI is InChI=1S/C17H19BrFNO/c1-4-21-15-9-8-11(2)10-13(15)17(20-3)12-6-5-7-14(19)16(12)18/h5-10,17,20H,4H2,1-3H3. The van der Waals surface area contributed by atoms with E-state index in [2.05, 4.69) is 27.3 Å². The molecule has 2 nitrogen and oxygen atoms in total. The lowest BCUT2D eigenvalue weighted by Gasteiger charge is -2.22. The molecule has 4 heteroatoms. The first-order valence-electron chi connectivity index (χ1n) is 6.93. The van der Waals surface area contributed by atoms with Gasteiger partial charge in [0.1, 0.15) is 11.6 Å². The van der Waals surface area contributed by atoms with Crippen molar-refractivity contribution < 1.29 is 9.13 Å². The van der Waals surface area contributed by atoms with E-state index in [0.29, 0.717) is 11.1 Å². The van der Waals surface area contributed by atoms with Crippen molar-refractivity contribution in [3.63, 3.8) is 0 Å². The molecule has 0 aliphatic rings. The summed E-state index contributed by atoms with van der Waals surface area (Å²) in [5.41, 5.74) is 3.00. The van der Waals surface area contributed by atoms with Gasteiger partial charge < -0.3 is 10.1 Å². The predicted molar refractivity (Wildman–Crippen MR) is 87.4 cm³/mol. The highest BCUT2D eigenvalue weighted by molar-refractivity contribution is 9.10. The largest absolute Gasteiger partial charge is 0.494 e. The van der Waals surface area contributed by atoms with E-state index in [1.165, 1.54) is 6.07 Å². The van der Waals surface area contributed by atoms with Crippen LogP contribution < -0.4 is 10.1 Å². The van der Waals surface area contributed by atoms with Gasteiger partial charge in [-0.1, -0.05) is 29.8 Å². The van der Waals surface area contributed by atoms with Crippen LogP contribution in [0.15, 0.2) is 40.9 Å². The summed E-state index contributed by atoms with van der Waals surface area (Å²) in [6.45, 7) is 4.58. The Kier molecular flexibility index (Phi) is 5.37. The van der Waals surface area contributed by atoms with Crippen LogP contribution in [-0.4, -0.2) is 13.7 Å². The molecule has 21 heavy (non-hydrogen) atoms. The van der Waals surface area contributed by atoms with Gasteiger partial charge in [-0.3, -0.25) is 0 Å². The minimum atomic E-state index is -0.265. The Balaban J connectivity index is 2.55. The van der Waals surface area contributed by atoms with Crippen molar-refractivity contribution in [2.75, 3.05) is 13.7 Å². The van der Waals surface area contributed by atoms with Gasteiger partial charge in [-0.15, -0.1) is 0 Å². The highest BCUT2D eigenvalue weighted by atomic mass is 79.9. The van der Waals surface area contributed by atoms with Crippen LogP contribution >= 0.6 is 15.9 Å². The van der Waals surface area contributed by atoms with Gasteiger partial charge in [-0.2, -0.15) is 0 Å². The van der Waals surface area contributed by atoms with E-state index >= 15 is 0 Å². The summed E-state index contributed by atoms with van der Waals surface area (Å²) >= 11 is 3.35. The summed E-state index contributed by atoms with van der Waals surface area (Å²) in [4.78, 5) is 0. The summed E-state index contributed by atoms with van der Waals surface area (Å²) in [6.07, 6.45) is 0. The lowest BCUT2D eigenvalue weighted by atomic mass is 9.96. The fraction of sp³-hybridized carbons (Fsp3) is 0.294. The first-order chi connectivity index (χ1) is 10.1. The maximum absolute atomic E-state index is 13.8. The summed E-state index contributed by atoms with van der Waals surface area (Å²) < 4.78 is 20.0. The quantitative estimate of drug-likeness (QED) is 0.849. The van der Waals surface area contributed by atoms with Crippen molar-refractivity contribution in [2.24, 2.45) is 0 Å². The third-order valence-electron chi connectivity index (χ3n) is 3.36. The molecule has 0 aromatic heterocycles. The molecule has 1 atom stereocenters. The number of aryl methyl sites for hydroxylation is 1. The molecule has 0 saturated carbocycles. The maximum atomic E-state index is 13.8. The summed E-state index contributed by atoms with van der Waals surface area (Å²) in [7, 11) is 1.86. The summed E-state index contributed by atoms with van der Waals surface area (Å²) in [6, 6.07) is 11.0. The third-order valence-corrected chi connectivity index (χ3v) is 4.19. The van der Waals surface area contributed by atoms with E-state index < -0.39 is 0 Å². The molecule has 2 rings (SSSR count). The van der Waals surface area contributed by atoms with Gasteiger partial charge in [0, 0.05) is 5.56 Å². The average Bonchev–Trinajstić information content (AvgIpc) is 2.47. The van der Waals surface area contributed by atoms with Crippen LogP contribution in [-0.2, 0) is 0 Å². The van der Waals surface area contributed by atoms with E-state index in [1.54, 1.807) is 6.07 Å². The van der Waals surface area contributed by atoms with E-state index in [1.807, 2.05) is 39.1 Å². The molecule has 0 fully saturated rings.